The van der Waals surface area contributed by atoms with Gasteiger partial charge in [-0.3, -0.25) is 4.79 Å². The molecule has 1 aliphatic carbocycles. The van der Waals surface area contributed by atoms with Gasteiger partial charge in [-0.25, -0.2) is 4.98 Å². The summed E-state index contributed by atoms with van der Waals surface area (Å²) in [6.45, 7) is 2.81. The molecular weight excluding hydrogens is 190 g/mol. The number of hydrogen-bond acceptors (Lipinski definition) is 2. The summed E-state index contributed by atoms with van der Waals surface area (Å²) in [5.41, 5.74) is 0. The Kier molecular flexibility index (Phi) is 3.04. The summed E-state index contributed by atoms with van der Waals surface area (Å²) in [4.78, 5) is 15.6. The third-order valence-electron chi connectivity index (χ3n) is 2.91. The lowest BCUT2D eigenvalue weighted by molar-refractivity contribution is -0.128. The Morgan fingerprint density at radius 3 is 3.00 bits per heavy atom. The highest BCUT2D eigenvalue weighted by Crippen LogP contribution is 2.26. The number of carbonyl (C=O) groups excluding carboxylic acids is 1. The van der Waals surface area contributed by atoms with Crippen molar-refractivity contribution in [1.29, 1.82) is 0 Å². The molecule has 0 radical (unpaired) electrons. The van der Waals surface area contributed by atoms with Crippen molar-refractivity contribution < 1.29 is 4.79 Å². The third kappa shape index (κ3) is 2.58. The van der Waals surface area contributed by atoms with E-state index < -0.39 is 0 Å². The molecule has 1 unspecified atom stereocenters. The molecule has 0 spiro atoms. The maximum absolute atomic E-state index is 11.6. The minimum Gasteiger partial charge on any atom is -0.352 e. The predicted molar refractivity (Wildman–Crippen MR) is 57.2 cm³/mol. The van der Waals surface area contributed by atoms with Crippen LogP contribution in [0.15, 0.2) is 18.7 Å². The minimum absolute atomic E-state index is 0.173. The molecule has 1 saturated carbocycles. The van der Waals surface area contributed by atoms with Crippen LogP contribution in [0.25, 0.3) is 0 Å². The van der Waals surface area contributed by atoms with E-state index in [4.69, 9.17) is 0 Å². The number of carbonyl (C=O) groups is 1. The number of nitrogens with zero attached hydrogens (tertiary/aromatic N) is 2. The first-order valence-electron chi connectivity index (χ1n) is 5.52. The fourth-order valence-corrected chi connectivity index (χ4v) is 1.79. The molecule has 1 fully saturated rings. The maximum atomic E-state index is 11.6. The average molecular weight is 207 g/mol. The number of nitrogens with one attached hydrogen (secondary N) is 1. The number of aromatic nitrogens is 2. The molecule has 2 rings (SSSR count). The molecule has 1 aromatic heterocycles. The van der Waals surface area contributed by atoms with Crippen molar-refractivity contribution in [3.05, 3.63) is 18.7 Å². The van der Waals surface area contributed by atoms with Gasteiger partial charge in [0.15, 0.2) is 0 Å². The van der Waals surface area contributed by atoms with Crippen molar-refractivity contribution in [3.63, 3.8) is 0 Å². The zero-order valence-electron chi connectivity index (χ0n) is 9.02. The van der Waals surface area contributed by atoms with E-state index in [9.17, 15) is 4.79 Å². The SMILES string of the molecule is CC(Cn1ccnc1)NC(=O)C1CCC1. The highest BCUT2D eigenvalue weighted by Gasteiger charge is 2.25. The molecular formula is C11H17N3O. The van der Waals surface area contributed by atoms with E-state index in [2.05, 4.69) is 10.3 Å². The zero-order valence-corrected chi connectivity index (χ0v) is 9.02. The molecule has 0 aromatic carbocycles. The number of rotatable bonds is 4. The second-order valence-electron chi connectivity index (χ2n) is 4.30. The van der Waals surface area contributed by atoms with Crippen molar-refractivity contribution in [2.45, 2.75) is 38.8 Å². The van der Waals surface area contributed by atoms with Gasteiger partial charge in [-0.05, 0) is 19.8 Å². The Balaban J connectivity index is 1.76. The molecule has 1 N–H and O–H groups in total. The van der Waals surface area contributed by atoms with Gasteiger partial charge in [0.25, 0.3) is 0 Å². The average Bonchev–Trinajstić information content (AvgIpc) is 2.52. The van der Waals surface area contributed by atoms with Crippen LogP contribution in [0.1, 0.15) is 26.2 Å². The highest BCUT2D eigenvalue weighted by molar-refractivity contribution is 5.79. The van der Waals surface area contributed by atoms with E-state index in [1.54, 1.807) is 12.5 Å². The van der Waals surface area contributed by atoms with E-state index in [-0.39, 0.29) is 17.9 Å². The topological polar surface area (TPSA) is 46.9 Å². The first-order chi connectivity index (χ1) is 7.25. The Morgan fingerprint density at radius 2 is 2.47 bits per heavy atom. The van der Waals surface area contributed by atoms with Crippen LogP contribution in [0, 0.1) is 5.92 Å². The molecule has 1 heterocycles. The van der Waals surface area contributed by atoms with Crippen LogP contribution in [-0.2, 0) is 11.3 Å². The second kappa shape index (κ2) is 4.47. The molecule has 1 amide bonds. The molecule has 82 valence electrons. The van der Waals surface area contributed by atoms with Gasteiger partial charge in [0, 0.05) is 30.9 Å². The van der Waals surface area contributed by atoms with Crippen molar-refractivity contribution in [2.75, 3.05) is 0 Å². The summed E-state index contributed by atoms with van der Waals surface area (Å²) in [5.74, 6) is 0.490. The fourth-order valence-electron chi connectivity index (χ4n) is 1.79. The molecule has 0 saturated heterocycles. The van der Waals surface area contributed by atoms with E-state index in [0.717, 1.165) is 19.4 Å². The molecule has 4 heteroatoms. The highest BCUT2D eigenvalue weighted by atomic mass is 16.2. The van der Waals surface area contributed by atoms with Gasteiger partial charge in [-0.2, -0.15) is 0 Å². The van der Waals surface area contributed by atoms with Gasteiger partial charge in [0.05, 0.1) is 6.33 Å². The summed E-state index contributed by atoms with van der Waals surface area (Å²) in [6, 6.07) is 0.173. The standard InChI is InChI=1S/C11H17N3O/c1-9(7-14-6-5-12-8-14)13-11(15)10-3-2-4-10/h5-6,8-10H,2-4,7H2,1H3,(H,13,15). The van der Waals surface area contributed by atoms with Crippen molar-refractivity contribution in [1.82, 2.24) is 14.9 Å². The molecule has 0 aliphatic heterocycles. The summed E-state index contributed by atoms with van der Waals surface area (Å²) in [5, 5.41) is 3.03. The molecule has 15 heavy (non-hydrogen) atoms. The Bertz CT molecular complexity index is 317. The Labute approximate surface area is 89.7 Å². The van der Waals surface area contributed by atoms with Gasteiger partial charge in [0.1, 0.15) is 0 Å². The Hall–Kier alpha value is -1.32. The third-order valence-corrected chi connectivity index (χ3v) is 2.91. The maximum Gasteiger partial charge on any atom is 0.223 e. The van der Waals surface area contributed by atoms with Gasteiger partial charge in [-0.15, -0.1) is 0 Å². The smallest absolute Gasteiger partial charge is 0.223 e. The van der Waals surface area contributed by atoms with Crippen LogP contribution >= 0.6 is 0 Å². The summed E-state index contributed by atoms with van der Waals surface area (Å²) in [6.07, 6.45) is 8.75. The van der Waals surface area contributed by atoms with Gasteiger partial charge in [0.2, 0.25) is 5.91 Å². The molecule has 1 aliphatic rings. The minimum atomic E-state index is 0.173. The normalized spacial score (nSPS) is 18.2. The van der Waals surface area contributed by atoms with E-state index in [1.807, 2.05) is 17.7 Å². The number of amides is 1. The first kappa shape index (κ1) is 10.2. The van der Waals surface area contributed by atoms with Gasteiger partial charge in [-0.1, -0.05) is 6.42 Å². The van der Waals surface area contributed by atoms with E-state index in [0.29, 0.717) is 0 Å². The lowest BCUT2D eigenvalue weighted by atomic mass is 9.84. The largest absolute Gasteiger partial charge is 0.352 e. The lowest BCUT2D eigenvalue weighted by Crippen LogP contribution is -2.41. The van der Waals surface area contributed by atoms with Crippen LogP contribution < -0.4 is 5.32 Å². The summed E-state index contributed by atoms with van der Waals surface area (Å²) >= 11 is 0. The molecule has 1 atom stereocenters. The first-order valence-corrected chi connectivity index (χ1v) is 5.52. The van der Waals surface area contributed by atoms with Gasteiger partial charge < -0.3 is 9.88 Å². The van der Waals surface area contributed by atoms with E-state index in [1.165, 1.54) is 6.42 Å². The number of hydrogen-bond donors (Lipinski definition) is 1. The van der Waals surface area contributed by atoms with E-state index >= 15 is 0 Å². The quantitative estimate of drug-likeness (QED) is 0.806. The van der Waals surface area contributed by atoms with Crippen molar-refractivity contribution in [2.24, 2.45) is 5.92 Å². The van der Waals surface area contributed by atoms with Gasteiger partial charge >= 0.3 is 0 Å². The predicted octanol–water partition coefficient (Wildman–Crippen LogP) is 1.19. The summed E-state index contributed by atoms with van der Waals surface area (Å²) < 4.78 is 1.98. The van der Waals surface area contributed by atoms with Crippen LogP contribution in [0.3, 0.4) is 0 Å². The van der Waals surface area contributed by atoms with Crippen LogP contribution in [-0.4, -0.2) is 21.5 Å². The Morgan fingerprint density at radius 1 is 1.67 bits per heavy atom. The fraction of sp³-hybridized carbons (Fsp3) is 0.636. The monoisotopic (exact) mass is 207 g/mol. The molecule has 4 nitrogen and oxygen atoms in total. The van der Waals surface area contributed by atoms with Crippen molar-refractivity contribution in [3.8, 4) is 0 Å². The zero-order chi connectivity index (χ0) is 10.7. The van der Waals surface area contributed by atoms with Crippen LogP contribution in [0.5, 0.6) is 0 Å². The second-order valence-corrected chi connectivity index (χ2v) is 4.30. The number of imidazole rings is 1. The molecule has 0 bridgehead atoms. The van der Waals surface area contributed by atoms with Crippen LogP contribution in [0.2, 0.25) is 0 Å². The summed E-state index contributed by atoms with van der Waals surface area (Å²) in [7, 11) is 0. The molecule has 1 aromatic rings. The van der Waals surface area contributed by atoms with Crippen molar-refractivity contribution >= 4 is 5.91 Å². The lowest BCUT2D eigenvalue weighted by Gasteiger charge is -2.26. The van der Waals surface area contributed by atoms with Crippen LogP contribution in [0.4, 0.5) is 0 Å².